The molecule has 1 aliphatic rings. The van der Waals surface area contributed by atoms with Crippen molar-refractivity contribution in [2.75, 3.05) is 23.7 Å². The quantitative estimate of drug-likeness (QED) is 0.921. The average Bonchev–Trinajstić information content (AvgIpc) is 2.43. The van der Waals surface area contributed by atoms with Crippen LogP contribution in [0.15, 0.2) is 29.2 Å². The number of carbonyl (C=O) groups excluding carboxylic acids is 1. The monoisotopic (exact) mass is 278 g/mol. The first-order valence-corrected chi connectivity index (χ1v) is 7.85. The minimum atomic E-state index is -0.0591. The second-order valence-electron chi connectivity index (χ2n) is 5.37. The largest absolute Gasteiger partial charge is 0.330 e. The SMILES string of the molecule is CC(C)CC(CN)C(=O)N1CCSc2ccccc21. The molecule has 19 heavy (non-hydrogen) atoms. The molecule has 104 valence electrons. The van der Waals surface area contributed by atoms with E-state index in [-0.39, 0.29) is 11.8 Å². The van der Waals surface area contributed by atoms with Crippen molar-refractivity contribution >= 4 is 23.4 Å². The Labute approximate surface area is 119 Å². The smallest absolute Gasteiger partial charge is 0.231 e. The Balaban J connectivity index is 2.20. The predicted octanol–water partition coefficient (Wildman–Crippen LogP) is 2.75. The van der Waals surface area contributed by atoms with Gasteiger partial charge < -0.3 is 10.6 Å². The van der Waals surface area contributed by atoms with Crippen LogP contribution in [-0.2, 0) is 4.79 Å². The van der Waals surface area contributed by atoms with Gasteiger partial charge in [-0.25, -0.2) is 0 Å². The third-order valence-corrected chi connectivity index (χ3v) is 4.43. The van der Waals surface area contributed by atoms with E-state index >= 15 is 0 Å². The summed E-state index contributed by atoms with van der Waals surface area (Å²) in [6.07, 6.45) is 0.862. The molecule has 2 rings (SSSR count). The Morgan fingerprint density at radius 3 is 2.84 bits per heavy atom. The van der Waals surface area contributed by atoms with Crippen molar-refractivity contribution in [1.82, 2.24) is 0 Å². The normalized spacial score (nSPS) is 16.3. The van der Waals surface area contributed by atoms with Gasteiger partial charge in [0.25, 0.3) is 0 Å². The maximum absolute atomic E-state index is 12.7. The number of hydrogen-bond acceptors (Lipinski definition) is 3. The van der Waals surface area contributed by atoms with Crippen molar-refractivity contribution in [3.63, 3.8) is 0 Å². The first-order chi connectivity index (χ1) is 9.13. The lowest BCUT2D eigenvalue weighted by atomic mass is 9.95. The molecule has 0 bridgehead atoms. The fraction of sp³-hybridized carbons (Fsp3) is 0.533. The highest BCUT2D eigenvalue weighted by Gasteiger charge is 2.28. The number of anilines is 1. The van der Waals surface area contributed by atoms with Crippen LogP contribution in [0.4, 0.5) is 5.69 Å². The standard InChI is InChI=1S/C15H22N2OS/c1-11(2)9-12(10-16)15(18)17-7-8-19-14-6-4-3-5-13(14)17/h3-6,11-12H,7-10,16H2,1-2H3. The molecular weight excluding hydrogens is 256 g/mol. The van der Waals surface area contributed by atoms with Gasteiger partial charge in [-0.2, -0.15) is 0 Å². The molecule has 0 spiro atoms. The molecule has 1 amide bonds. The molecule has 0 aliphatic carbocycles. The number of para-hydroxylation sites is 1. The average molecular weight is 278 g/mol. The minimum absolute atomic E-state index is 0.0591. The van der Waals surface area contributed by atoms with E-state index < -0.39 is 0 Å². The fourth-order valence-electron chi connectivity index (χ4n) is 2.49. The van der Waals surface area contributed by atoms with Crippen LogP contribution in [0.3, 0.4) is 0 Å². The number of benzene rings is 1. The number of carbonyl (C=O) groups is 1. The zero-order chi connectivity index (χ0) is 13.8. The highest BCUT2D eigenvalue weighted by atomic mass is 32.2. The molecule has 0 fully saturated rings. The second-order valence-corrected chi connectivity index (χ2v) is 6.50. The summed E-state index contributed by atoms with van der Waals surface area (Å²) in [7, 11) is 0. The lowest BCUT2D eigenvalue weighted by molar-refractivity contribution is -0.122. The van der Waals surface area contributed by atoms with Crippen LogP contribution in [-0.4, -0.2) is 24.7 Å². The van der Waals surface area contributed by atoms with Gasteiger partial charge in [0.1, 0.15) is 0 Å². The zero-order valence-corrected chi connectivity index (χ0v) is 12.5. The summed E-state index contributed by atoms with van der Waals surface area (Å²) in [4.78, 5) is 15.8. The molecule has 0 aromatic heterocycles. The van der Waals surface area contributed by atoms with Gasteiger partial charge in [-0.05, 0) is 24.5 Å². The van der Waals surface area contributed by atoms with Crippen LogP contribution in [0.2, 0.25) is 0 Å². The maximum atomic E-state index is 12.7. The molecule has 1 aliphatic heterocycles. The van der Waals surface area contributed by atoms with Gasteiger partial charge in [0.2, 0.25) is 5.91 Å². The third-order valence-electron chi connectivity index (χ3n) is 3.38. The van der Waals surface area contributed by atoms with Crippen molar-refractivity contribution in [1.29, 1.82) is 0 Å². The minimum Gasteiger partial charge on any atom is -0.330 e. The molecule has 1 atom stereocenters. The highest BCUT2D eigenvalue weighted by molar-refractivity contribution is 7.99. The Hall–Kier alpha value is -1.00. The number of thioether (sulfide) groups is 1. The number of hydrogen-bond donors (Lipinski definition) is 1. The van der Waals surface area contributed by atoms with E-state index in [9.17, 15) is 4.79 Å². The van der Waals surface area contributed by atoms with Crippen LogP contribution in [0, 0.1) is 11.8 Å². The lowest BCUT2D eigenvalue weighted by Crippen LogP contribution is -2.42. The van der Waals surface area contributed by atoms with E-state index in [0.717, 1.165) is 24.4 Å². The van der Waals surface area contributed by atoms with Crippen molar-refractivity contribution in [3.8, 4) is 0 Å². The van der Waals surface area contributed by atoms with Crippen molar-refractivity contribution in [2.24, 2.45) is 17.6 Å². The highest BCUT2D eigenvalue weighted by Crippen LogP contribution is 2.35. The molecule has 1 aromatic carbocycles. The molecule has 1 aromatic rings. The Morgan fingerprint density at radius 2 is 2.16 bits per heavy atom. The van der Waals surface area contributed by atoms with Gasteiger partial charge in [0.05, 0.1) is 11.6 Å². The summed E-state index contributed by atoms with van der Waals surface area (Å²) in [5.41, 5.74) is 6.84. The maximum Gasteiger partial charge on any atom is 0.231 e. The van der Waals surface area contributed by atoms with Gasteiger partial charge in [-0.3, -0.25) is 4.79 Å². The van der Waals surface area contributed by atoms with Crippen LogP contribution < -0.4 is 10.6 Å². The summed E-state index contributed by atoms with van der Waals surface area (Å²) in [5.74, 6) is 1.58. The van der Waals surface area contributed by atoms with E-state index in [0.29, 0.717) is 12.5 Å². The Morgan fingerprint density at radius 1 is 1.42 bits per heavy atom. The Bertz CT molecular complexity index is 448. The molecule has 1 heterocycles. The first-order valence-electron chi connectivity index (χ1n) is 6.86. The molecule has 4 heteroatoms. The summed E-state index contributed by atoms with van der Waals surface area (Å²) in [6, 6.07) is 8.13. The van der Waals surface area contributed by atoms with Crippen LogP contribution >= 0.6 is 11.8 Å². The van der Waals surface area contributed by atoms with Gasteiger partial charge in [0.15, 0.2) is 0 Å². The van der Waals surface area contributed by atoms with Gasteiger partial charge >= 0.3 is 0 Å². The van der Waals surface area contributed by atoms with E-state index in [4.69, 9.17) is 5.73 Å². The van der Waals surface area contributed by atoms with Crippen molar-refractivity contribution in [2.45, 2.75) is 25.2 Å². The van der Waals surface area contributed by atoms with Gasteiger partial charge in [-0.15, -0.1) is 11.8 Å². The summed E-state index contributed by atoms with van der Waals surface area (Å²) >= 11 is 1.82. The van der Waals surface area contributed by atoms with E-state index in [1.807, 2.05) is 34.9 Å². The van der Waals surface area contributed by atoms with E-state index in [1.165, 1.54) is 4.90 Å². The van der Waals surface area contributed by atoms with Gasteiger partial charge in [-0.1, -0.05) is 26.0 Å². The predicted molar refractivity (Wildman–Crippen MR) is 81.5 cm³/mol. The number of nitrogens with zero attached hydrogens (tertiary/aromatic N) is 1. The lowest BCUT2D eigenvalue weighted by Gasteiger charge is -2.32. The fourth-order valence-corrected chi connectivity index (χ4v) is 3.48. The summed E-state index contributed by atoms with van der Waals surface area (Å²) in [5, 5.41) is 0. The van der Waals surface area contributed by atoms with Crippen LogP contribution in [0.1, 0.15) is 20.3 Å². The Kier molecular flexibility index (Phi) is 4.88. The summed E-state index contributed by atoms with van der Waals surface area (Å²) in [6.45, 7) is 5.49. The number of fused-ring (bicyclic) bond motifs is 1. The van der Waals surface area contributed by atoms with Crippen LogP contribution in [0.25, 0.3) is 0 Å². The molecule has 0 radical (unpaired) electrons. The number of rotatable bonds is 4. The van der Waals surface area contributed by atoms with Gasteiger partial charge in [0, 0.05) is 23.7 Å². The van der Waals surface area contributed by atoms with E-state index in [1.54, 1.807) is 0 Å². The second kappa shape index (κ2) is 6.44. The zero-order valence-electron chi connectivity index (χ0n) is 11.6. The van der Waals surface area contributed by atoms with E-state index in [2.05, 4.69) is 19.9 Å². The molecule has 0 saturated carbocycles. The van der Waals surface area contributed by atoms with Crippen molar-refractivity contribution in [3.05, 3.63) is 24.3 Å². The molecule has 1 unspecified atom stereocenters. The topological polar surface area (TPSA) is 46.3 Å². The first kappa shape index (κ1) is 14.4. The van der Waals surface area contributed by atoms with Crippen molar-refractivity contribution < 1.29 is 4.79 Å². The number of amides is 1. The molecule has 2 N–H and O–H groups in total. The third kappa shape index (κ3) is 3.31. The molecular formula is C15H22N2OS. The molecule has 3 nitrogen and oxygen atoms in total. The summed E-state index contributed by atoms with van der Waals surface area (Å²) < 4.78 is 0. The number of nitrogens with two attached hydrogens (primary N) is 1. The molecule has 0 saturated heterocycles. The van der Waals surface area contributed by atoms with Crippen LogP contribution in [0.5, 0.6) is 0 Å².